The van der Waals surface area contributed by atoms with Crippen LogP contribution < -0.4 is 5.32 Å². The van der Waals surface area contributed by atoms with E-state index in [4.69, 9.17) is 16.0 Å². The highest BCUT2D eigenvalue weighted by molar-refractivity contribution is 7.99. The van der Waals surface area contributed by atoms with Crippen LogP contribution in [0.5, 0.6) is 0 Å². The summed E-state index contributed by atoms with van der Waals surface area (Å²) in [4.78, 5) is 16.7. The molecule has 4 nitrogen and oxygen atoms in total. The van der Waals surface area contributed by atoms with Crippen LogP contribution in [-0.2, 0) is 10.5 Å². The van der Waals surface area contributed by atoms with Crippen molar-refractivity contribution in [2.24, 2.45) is 0 Å². The molecule has 6 heteroatoms. The average Bonchev–Trinajstić information content (AvgIpc) is 2.81. The molecule has 1 N–H and O–H groups in total. The maximum Gasteiger partial charge on any atom is 0.230 e. The molecule has 26 heavy (non-hydrogen) atoms. The normalized spacial score (nSPS) is 15.6. The second kappa shape index (κ2) is 9.47. The maximum atomic E-state index is 12.2. The first kappa shape index (κ1) is 19.3. The molecule has 0 unspecified atom stereocenters. The Balaban J connectivity index is 1.49. The third-order valence-corrected chi connectivity index (χ3v) is 5.84. The van der Waals surface area contributed by atoms with Crippen molar-refractivity contribution in [1.29, 1.82) is 0 Å². The highest BCUT2D eigenvalue weighted by Gasteiger charge is 2.16. The third kappa shape index (κ3) is 5.52. The lowest BCUT2D eigenvalue weighted by Gasteiger charge is -2.15. The number of thioether (sulfide) groups is 1. The van der Waals surface area contributed by atoms with Gasteiger partial charge in [0, 0.05) is 22.4 Å². The monoisotopic (exact) mass is 392 g/mol. The summed E-state index contributed by atoms with van der Waals surface area (Å²) in [5.74, 6) is 2.60. The van der Waals surface area contributed by atoms with Crippen LogP contribution in [0.25, 0.3) is 11.5 Å². The number of carbonyl (C=O) groups excluding carboxylic acids is 1. The number of hydrogen-bond acceptors (Lipinski definition) is 4. The molecular weight excluding hydrogens is 368 g/mol. The van der Waals surface area contributed by atoms with Gasteiger partial charge in [-0.05, 0) is 38.0 Å². The van der Waals surface area contributed by atoms with E-state index in [-0.39, 0.29) is 5.91 Å². The molecule has 0 aliphatic heterocycles. The Bertz CT molecular complexity index is 739. The lowest BCUT2D eigenvalue weighted by molar-refractivity contribution is -0.119. The molecule has 1 amide bonds. The van der Waals surface area contributed by atoms with Crippen molar-refractivity contribution in [3.63, 3.8) is 0 Å². The zero-order chi connectivity index (χ0) is 18.4. The smallest absolute Gasteiger partial charge is 0.230 e. The molecule has 140 valence electrons. The fourth-order valence-corrected chi connectivity index (χ4v) is 4.26. The summed E-state index contributed by atoms with van der Waals surface area (Å²) in [6.45, 7) is 1.91. The first-order chi connectivity index (χ1) is 12.6. The minimum Gasteiger partial charge on any atom is -0.441 e. The number of rotatable bonds is 6. The van der Waals surface area contributed by atoms with Gasteiger partial charge in [0.05, 0.1) is 11.4 Å². The van der Waals surface area contributed by atoms with Crippen LogP contribution in [0.15, 0.2) is 28.7 Å². The second-order valence-electron chi connectivity index (χ2n) is 6.78. The fourth-order valence-electron chi connectivity index (χ4n) is 3.24. The average molecular weight is 393 g/mol. The topological polar surface area (TPSA) is 55.1 Å². The van der Waals surface area contributed by atoms with E-state index in [2.05, 4.69) is 10.3 Å². The van der Waals surface area contributed by atoms with Crippen LogP contribution in [-0.4, -0.2) is 22.7 Å². The standard InChI is InChI=1S/C20H25ClN2O2S/c1-14-18(23-20(25-14)15-7-6-8-16(21)11-15)12-26-13-19(24)22-17-9-4-2-3-5-10-17/h6-8,11,17H,2-5,9-10,12-13H2,1H3,(H,22,24). The molecule has 1 aromatic heterocycles. The molecule has 1 aliphatic carbocycles. The summed E-state index contributed by atoms with van der Waals surface area (Å²) < 4.78 is 5.76. The summed E-state index contributed by atoms with van der Waals surface area (Å²) in [6.07, 6.45) is 7.26. The Morgan fingerprint density at radius 2 is 2.08 bits per heavy atom. The number of halogens is 1. The highest BCUT2D eigenvalue weighted by Crippen LogP contribution is 2.26. The molecule has 0 saturated heterocycles. The summed E-state index contributed by atoms with van der Waals surface area (Å²) >= 11 is 7.61. The summed E-state index contributed by atoms with van der Waals surface area (Å²) in [5, 5.41) is 3.84. The van der Waals surface area contributed by atoms with E-state index in [0.717, 1.165) is 29.9 Å². The van der Waals surface area contributed by atoms with Gasteiger partial charge in [-0.1, -0.05) is 43.4 Å². The molecule has 0 radical (unpaired) electrons. The Morgan fingerprint density at radius 3 is 2.81 bits per heavy atom. The largest absolute Gasteiger partial charge is 0.441 e. The highest BCUT2D eigenvalue weighted by atomic mass is 35.5. The maximum absolute atomic E-state index is 12.2. The predicted molar refractivity (Wildman–Crippen MR) is 107 cm³/mol. The van der Waals surface area contributed by atoms with Gasteiger partial charge < -0.3 is 9.73 Å². The molecule has 1 aromatic carbocycles. The Kier molecular flexibility index (Phi) is 7.03. The van der Waals surface area contributed by atoms with E-state index in [1.807, 2.05) is 31.2 Å². The third-order valence-electron chi connectivity index (χ3n) is 4.66. The zero-order valence-corrected chi connectivity index (χ0v) is 16.7. The Hall–Kier alpha value is -1.46. The van der Waals surface area contributed by atoms with E-state index >= 15 is 0 Å². The SMILES string of the molecule is Cc1oc(-c2cccc(Cl)c2)nc1CSCC(=O)NC1CCCCCC1. The number of amides is 1. The number of aromatic nitrogens is 1. The molecule has 1 fully saturated rings. The summed E-state index contributed by atoms with van der Waals surface area (Å²) in [7, 11) is 0. The summed E-state index contributed by atoms with van der Waals surface area (Å²) in [6, 6.07) is 7.82. The first-order valence-electron chi connectivity index (χ1n) is 9.21. The van der Waals surface area contributed by atoms with Crippen LogP contribution in [0.3, 0.4) is 0 Å². The van der Waals surface area contributed by atoms with Gasteiger partial charge in [-0.3, -0.25) is 4.79 Å². The lowest BCUT2D eigenvalue weighted by atomic mass is 10.1. The number of oxazole rings is 1. The van der Waals surface area contributed by atoms with Gasteiger partial charge in [-0.2, -0.15) is 0 Å². The molecule has 0 atom stereocenters. The van der Waals surface area contributed by atoms with Crippen molar-refractivity contribution >= 4 is 29.3 Å². The van der Waals surface area contributed by atoms with Crippen molar-refractivity contribution < 1.29 is 9.21 Å². The fraction of sp³-hybridized carbons (Fsp3) is 0.500. The van der Waals surface area contributed by atoms with E-state index in [0.29, 0.717) is 28.5 Å². The van der Waals surface area contributed by atoms with Gasteiger partial charge >= 0.3 is 0 Å². The van der Waals surface area contributed by atoms with Crippen LogP contribution >= 0.6 is 23.4 Å². The number of carbonyl (C=O) groups is 1. The first-order valence-corrected chi connectivity index (χ1v) is 10.7. The zero-order valence-electron chi connectivity index (χ0n) is 15.1. The van der Waals surface area contributed by atoms with Crippen LogP contribution in [0, 0.1) is 6.92 Å². The molecule has 1 aliphatic rings. The van der Waals surface area contributed by atoms with E-state index in [1.54, 1.807) is 11.8 Å². The van der Waals surface area contributed by atoms with Gasteiger partial charge in [0.1, 0.15) is 5.76 Å². The molecular formula is C20H25ClN2O2S. The Morgan fingerprint density at radius 1 is 1.31 bits per heavy atom. The van der Waals surface area contributed by atoms with Crippen molar-refractivity contribution in [3.05, 3.63) is 40.7 Å². The molecule has 3 rings (SSSR count). The molecule has 1 heterocycles. The quantitative estimate of drug-likeness (QED) is 0.671. The van der Waals surface area contributed by atoms with Gasteiger partial charge in [0.2, 0.25) is 11.8 Å². The minimum atomic E-state index is 0.123. The van der Waals surface area contributed by atoms with Gasteiger partial charge in [0.25, 0.3) is 0 Å². The molecule has 0 bridgehead atoms. The Labute approximate surface area is 164 Å². The number of nitrogens with one attached hydrogen (secondary N) is 1. The number of aryl methyl sites for hydroxylation is 1. The van der Waals surface area contributed by atoms with Gasteiger partial charge in [-0.25, -0.2) is 4.98 Å². The van der Waals surface area contributed by atoms with E-state index < -0.39 is 0 Å². The van der Waals surface area contributed by atoms with Crippen molar-refractivity contribution in [2.75, 3.05) is 5.75 Å². The van der Waals surface area contributed by atoms with Gasteiger partial charge in [0.15, 0.2) is 0 Å². The van der Waals surface area contributed by atoms with E-state index in [9.17, 15) is 4.79 Å². The van der Waals surface area contributed by atoms with Crippen LogP contribution in [0.4, 0.5) is 0 Å². The number of benzene rings is 1. The van der Waals surface area contributed by atoms with Crippen LogP contribution in [0.2, 0.25) is 5.02 Å². The minimum absolute atomic E-state index is 0.123. The van der Waals surface area contributed by atoms with Gasteiger partial charge in [-0.15, -0.1) is 11.8 Å². The van der Waals surface area contributed by atoms with Crippen LogP contribution in [0.1, 0.15) is 50.0 Å². The van der Waals surface area contributed by atoms with Crippen molar-refractivity contribution in [2.45, 2.75) is 57.2 Å². The van der Waals surface area contributed by atoms with E-state index in [1.165, 1.54) is 25.7 Å². The van der Waals surface area contributed by atoms with Crippen molar-refractivity contribution in [1.82, 2.24) is 10.3 Å². The lowest BCUT2D eigenvalue weighted by Crippen LogP contribution is -2.35. The predicted octanol–water partition coefficient (Wildman–Crippen LogP) is 5.38. The van der Waals surface area contributed by atoms with Crippen molar-refractivity contribution in [3.8, 4) is 11.5 Å². The molecule has 2 aromatic rings. The number of hydrogen-bond donors (Lipinski definition) is 1. The number of nitrogens with zero attached hydrogens (tertiary/aromatic N) is 1. The second-order valence-corrected chi connectivity index (χ2v) is 8.20. The molecule has 1 saturated carbocycles. The summed E-state index contributed by atoms with van der Waals surface area (Å²) in [5.41, 5.74) is 1.75. The molecule has 0 spiro atoms.